The van der Waals surface area contributed by atoms with Crippen LogP contribution in [0.2, 0.25) is 5.02 Å². The lowest BCUT2D eigenvalue weighted by atomic mass is 10.2. The number of hydrogen-bond acceptors (Lipinski definition) is 2. The van der Waals surface area contributed by atoms with Crippen LogP contribution < -0.4 is 16.0 Å². The van der Waals surface area contributed by atoms with Gasteiger partial charge in [-0.2, -0.15) is 0 Å². The highest BCUT2D eigenvalue weighted by atomic mass is 35.5. The molecule has 26 heavy (non-hydrogen) atoms. The fraction of sp³-hybridized carbons (Fsp3) is 0.300. The first-order valence-electron chi connectivity index (χ1n) is 8.79. The van der Waals surface area contributed by atoms with Gasteiger partial charge in [-0.05, 0) is 43.2 Å². The zero-order valence-corrected chi connectivity index (χ0v) is 15.7. The summed E-state index contributed by atoms with van der Waals surface area (Å²) in [6.45, 7) is 4.73. The Morgan fingerprint density at radius 2 is 1.65 bits per heavy atom. The van der Waals surface area contributed by atoms with Crippen molar-refractivity contribution in [1.82, 2.24) is 16.0 Å². The molecule has 0 radical (unpaired) electrons. The van der Waals surface area contributed by atoms with Crippen molar-refractivity contribution < 1.29 is 4.79 Å². The monoisotopic (exact) mass is 372 g/mol. The molecule has 0 fully saturated rings. The zero-order chi connectivity index (χ0) is 18.6. The van der Waals surface area contributed by atoms with Crippen molar-refractivity contribution in [1.29, 1.82) is 0 Å². The van der Waals surface area contributed by atoms with Crippen molar-refractivity contribution in [2.45, 2.75) is 19.9 Å². The summed E-state index contributed by atoms with van der Waals surface area (Å²) in [7, 11) is 0. The number of guanidine groups is 1. The van der Waals surface area contributed by atoms with Gasteiger partial charge >= 0.3 is 0 Å². The first-order valence-corrected chi connectivity index (χ1v) is 9.16. The molecule has 0 heterocycles. The number of carbonyl (C=O) groups excluding carboxylic acids is 1. The summed E-state index contributed by atoms with van der Waals surface area (Å²) in [6.07, 6.45) is 0.809. The van der Waals surface area contributed by atoms with E-state index in [1.807, 2.05) is 49.4 Å². The van der Waals surface area contributed by atoms with Gasteiger partial charge in [-0.1, -0.05) is 41.9 Å². The first-order chi connectivity index (χ1) is 12.7. The van der Waals surface area contributed by atoms with Gasteiger partial charge in [0.25, 0.3) is 5.91 Å². The molecule has 5 nitrogen and oxygen atoms in total. The number of amides is 1. The molecule has 2 rings (SSSR count). The maximum Gasteiger partial charge on any atom is 0.251 e. The minimum atomic E-state index is -0.0473. The van der Waals surface area contributed by atoms with Crippen LogP contribution in [-0.4, -0.2) is 31.5 Å². The third-order valence-corrected chi connectivity index (χ3v) is 3.90. The molecule has 1 amide bonds. The molecular weight excluding hydrogens is 348 g/mol. The molecule has 6 heteroatoms. The van der Waals surface area contributed by atoms with Gasteiger partial charge in [0.15, 0.2) is 5.96 Å². The number of benzene rings is 2. The van der Waals surface area contributed by atoms with Crippen molar-refractivity contribution in [3.05, 3.63) is 70.7 Å². The molecule has 0 bridgehead atoms. The highest BCUT2D eigenvalue weighted by Crippen LogP contribution is 2.10. The van der Waals surface area contributed by atoms with Crippen LogP contribution in [0, 0.1) is 0 Å². The predicted molar refractivity (Wildman–Crippen MR) is 108 cm³/mol. The summed E-state index contributed by atoms with van der Waals surface area (Å²) < 4.78 is 0. The summed E-state index contributed by atoms with van der Waals surface area (Å²) in [4.78, 5) is 16.5. The number of rotatable bonds is 8. The number of nitrogens with one attached hydrogen (secondary N) is 3. The first kappa shape index (κ1) is 19.8. The van der Waals surface area contributed by atoms with Crippen LogP contribution >= 0.6 is 11.6 Å². The van der Waals surface area contributed by atoms with E-state index in [0.717, 1.165) is 36.1 Å². The van der Waals surface area contributed by atoms with Gasteiger partial charge in [0, 0.05) is 30.2 Å². The van der Waals surface area contributed by atoms with Gasteiger partial charge in [-0.25, -0.2) is 4.99 Å². The largest absolute Gasteiger partial charge is 0.357 e. The molecule has 0 aliphatic rings. The maximum absolute atomic E-state index is 12.0. The lowest BCUT2D eigenvalue weighted by molar-refractivity contribution is 0.0953. The Morgan fingerprint density at radius 1 is 0.962 bits per heavy atom. The average Bonchev–Trinajstić information content (AvgIpc) is 2.67. The summed E-state index contributed by atoms with van der Waals surface area (Å²) in [5.74, 6) is 0.714. The predicted octanol–water partition coefficient (Wildman–Crippen LogP) is 3.22. The van der Waals surface area contributed by atoms with Crippen molar-refractivity contribution in [2.75, 3.05) is 19.6 Å². The minimum Gasteiger partial charge on any atom is -0.357 e. The third-order valence-electron chi connectivity index (χ3n) is 3.64. The summed E-state index contributed by atoms with van der Waals surface area (Å²) in [5, 5.41) is 10.1. The lowest BCUT2D eigenvalue weighted by Crippen LogP contribution is -2.38. The van der Waals surface area contributed by atoms with Gasteiger partial charge in [0.05, 0.1) is 6.54 Å². The van der Waals surface area contributed by atoms with Crippen LogP contribution in [0.5, 0.6) is 0 Å². The molecule has 2 aromatic rings. The molecule has 2 aromatic carbocycles. The second-order valence-corrected chi connectivity index (χ2v) is 6.16. The number of carbonyl (C=O) groups is 1. The average molecular weight is 373 g/mol. The van der Waals surface area contributed by atoms with E-state index in [-0.39, 0.29) is 5.91 Å². The van der Waals surface area contributed by atoms with Crippen LogP contribution in [-0.2, 0) is 6.54 Å². The van der Waals surface area contributed by atoms with E-state index in [1.54, 1.807) is 12.1 Å². The summed E-state index contributed by atoms with van der Waals surface area (Å²) in [6, 6.07) is 16.9. The molecule has 0 saturated carbocycles. The molecule has 0 aliphatic heterocycles. The van der Waals surface area contributed by atoms with Crippen molar-refractivity contribution in [3.63, 3.8) is 0 Å². The molecule has 3 N–H and O–H groups in total. The number of nitrogens with zero attached hydrogens (tertiary/aromatic N) is 1. The smallest absolute Gasteiger partial charge is 0.251 e. The van der Waals surface area contributed by atoms with Gasteiger partial charge in [-0.3, -0.25) is 4.79 Å². The van der Waals surface area contributed by atoms with Crippen molar-refractivity contribution >= 4 is 23.5 Å². The second kappa shape index (κ2) is 11.2. The Hall–Kier alpha value is -2.53. The third kappa shape index (κ3) is 7.15. The molecule has 0 saturated heterocycles. The van der Waals surface area contributed by atoms with Crippen LogP contribution in [0.4, 0.5) is 0 Å². The molecule has 0 aromatic heterocycles. The highest BCUT2D eigenvalue weighted by molar-refractivity contribution is 6.30. The minimum absolute atomic E-state index is 0.0473. The van der Waals surface area contributed by atoms with Gasteiger partial charge in [-0.15, -0.1) is 0 Å². The van der Waals surface area contributed by atoms with Crippen molar-refractivity contribution in [2.24, 2.45) is 4.99 Å². The van der Waals surface area contributed by atoms with E-state index in [2.05, 4.69) is 20.9 Å². The maximum atomic E-state index is 12.0. The summed E-state index contributed by atoms with van der Waals surface area (Å²) >= 11 is 5.89. The normalized spacial score (nSPS) is 11.1. The van der Waals surface area contributed by atoms with Gasteiger partial charge in [0.2, 0.25) is 0 Å². The number of halogens is 1. The molecule has 0 aliphatic carbocycles. The number of hydrogen-bond donors (Lipinski definition) is 3. The Labute approximate surface area is 159 Å². The van der Waals surface area contributed by atoms with Crippen molar-refractivity contribution in [3.8, 4) is 0 Å². The molecular formula is C20H25ClN4O. The van der Waals surface area contributed by atoms with E-state index in [0.29, 0.717) is 18.7 Å². The molecule has 0 atom stereocenters. The fourth-order valence-electron chi connectivity index (χ4n) is 2.29. The van der Waals surface area contributed by atoms with Crippen LogP contribution in [0.15, 0.2) is 59.6 Å². The molecule has 138 valence electrons. The Bertz CT molecular complexity index is 702. The quantitative estimate of drug-likeness (QED) is 0.378. The Balaban J connectivity index is 1.71. The van der Waals surface area contributed by atoms with Crippen LogP contribution in [0.1, 0.15) is 29.3 Å². The van der Waals surface area contributed by atoms with E-state index < -0.39 is 0 Å². The molecule has 0 spiro atoms. The highest BCUT2D eigenvalue weighted by Gasteiger charge is 2.03. The second-order valence-electron chi connectivity index (χ2n) is 5.72. The van der Waals surface area contributed by atoms with E-state index >= 15 is 0 Å². The standard InChI is InChI=1S/C20H25ClN4O/c1-2-22-20(25-15-16-9-11-18(21)12-10-16)24-14-6-13-23-19(26)17-7-4-3-5-8-17/h3-5,7-12H,2,6,13-15H2,1H3,(H,23,26)(H2,22,24,25). The molecule has 0 unspecified atom stereocenters. The van der Waals surface area contributed by atoms with E-state index in [9.17, 15) is 4.79 Å². The van der Waals surface area contributed by atoms with E-state index in [4.69, 9.17) is 11.6 Å². The van der Waals surface area contributed by atoms with Gasteiger partial charge < -0.3 is 16.0 Å². The SMILES string of the molecule is CCNC(=NCc1ccc(Cl)cc1)NCCCNC(=O)c1ccccc1. The Morgan fingerprint density at radius 3 is 2.35 bits per heavy atom. The topological polar surface area (TPSA) is 65.5 Å². The number of aliphatic imine (C=N–C) groups is 1. The van der Waals surface area contributed by atoms with Crippen LogP contribution in [0.25, 0.3) is 0 Å². The fourth-order valence-corrected chi connectivity index (χ4v) is 2.42. The lowest BCUT2D eigenvalue weighted by Gasteiger charge is -2.11. The van der Waals surface area contributed by atoms with Crippen LogP contribution in [0.3, 0.4) is 0 Å². The summed E-state index contributed by atoms with van der Waals surface area (Å²) in [5.41, 5.74) is 1.78. The van der Waals surface area contributed by atoms with Gasteiger partial charge in [0.1, 0.15) is 0 Å². The Kier molecular flexibility index (Phi) is 8.49. The van der Waals surface area contributed by atoms with E-state index in [1.165, 1.54) is 0 Å². The zero-order valence-electron chi connectivity index (χ0n) is 15.0.